The average molecular weight is 604 g/mol. The quantitative estimate of drug-likeness (QED) is 0.353. The fraction of sp³-hybridized carbons (Fsp3) is 0.323. The Balaban J connectivity index is 1.36. The molecule has 1 saturated heterocycles. The minimum Gasteiger partial charge on any atom is -0.494 e. The Bertz CT molecular complexity index is 1780. The van der Waals surface area contributed by atoms with Crippen LogP contribution in [0, 0.1) is 11.6 Å². The van der Waals surface area contributed by atoms with Gasteiger partial charge in [0.1, 0.15) is 17.3 Å². The highest BCUT2D eigenvalue weighted by molar-refractivity contribution is 6.05. The van der Waals surface area contributed by atoms with Crippen molar-refractivity contribution in [2.24, 2.45) is 0 Å². The fourth-order valence-corrected chi connectivity index (χ4v) is 5.81. The van der Waals surface area contributed by atoms with Gasteiger partial charge < -0.3 is 29.2 Å². The molecule has 44 heavy (non-hydrogen) atoms. The molecule has 0 bridgehead atoms. The summed E-state index contributed by atoms with van der Waals surface area (Å²) >= 11 is 0. The molecule has 0 spiro atoms. The highest BCUT2D eigenvalue weighted by atomic mass is 19.1. The summed E-state index contributed by atoms with van der Waals surface area (Å²) in [5.41, 5.74) is 2.59. The van der Waals surface area contributed by atoms with E-state index in [4.69, 9.17) is 9.47 Å². The molecule has 4 aromatic rings. The van der Waals surface area contributed by atoms with Crippen molar-refractivity contribution in [2.75, 3.05) is 58.4 Å². The Morgan fingerprint density at radius 1 is 0.864 bits per heavy atom. The van der Waals surface area contributed by atoms with Gasteiger partial charge in [-0.1, -0.05) is 6.08 Å². The van der Waals surface area contributed by atoms with Crippen molar-refractivity contribution < 1.29 is 27.8 Å². The molecule has 0 saturated carbocycles. The number of pyridine rings is 1. The predicted octanol–water partition coefficient (Wildman–Crippen LogP) is 3.91. The summed E-state index contributed by atoms with van der Waals surface area (Å²) in [5, 5.41) is 8.42. The monoisotopic (exact) mass is 603 g/mol. The van der Waals surface area contributed by atoms with Gasteiger partial charge in [-0.25, -0.2) is 13.8 Å². The lowest BCUT2D eigenvalue weighted by Gasteiger charge is -2.35. The van der Waals surface area contributed by atoms with Crippen LogP contribution in [0.15, 0.2) is 42.9 Å². The number of amides is 2. The molecule has 0 aliphatic carbocycles. The van der Waals surface area contributed by atoms with Crippen molar-refractivity contribution in [2.45, 2.75) is 13.3 Å². The molecular formula is C31H31F2N7O4. The lowest BCUT2D eigenvalue weighted by atomic mass is 9.93. The van der Waals surface area contributed by atoms with Crippen LogP contribution in [0.25, 0.3) is 27.6 Å². The summed E-state index contributed by atoms with van der Waals surface area (Å²) < 4.78 is 40.8. The second-order valence-corrected chi connectivity index (χ2v) is 10.6. The van der Waals surface area contributed by atoms with Crippen LogP contribution in [0.2, 0.25) is 0 Å². The van der Waals surface area contributed by atoms with Crippen LogP contribution in [-0.4, -0.2) is 95.3 Å². The zero-order chi connectivity index (χ0) is 31.0. The average Bonchev–Trinajstić information content (AvgIpc) is 3.51. The normalized spacial score (nSPS) is 15.4. The third-order valence-electron chi connectivity index (χ3n) is 8.12. The van der Waals surface area contributed by atoms with Crippen molar-refractivity contribution in [3.05, 3.63) is 65.8 Å². The maximum absolute atomic E-state index is 16.3. The number of hydrogen-bond acceptors (Lipinski definition) is 8. The second-order valence-electron chi connectivity index (χ2n) is 10.6. The number of nitrogens with one attached hydrogen (secondary N) is 1. The number of fused-ring (bicyclic) bond motifs is 1. The second kappa shape index (κ2) is 11.9. The molecule has 1 aromatic carbocycles. The van der Waals surface area contributed by atoms with Gasteiger partial charge in [-0.3, -0.25) is 9.59 Å². The molecule has 228 valence electrons. The first-order chi connectivity index (χ1) is 21.3. The number of H-pyrrole nitrogens is 1. The number of carbonyl (C=O) groups is 2. The molecule has 2 aliphatic heterocycles. The molecule has 3 aromatic heterocycles. The molecule has 5 heterocycles. The number of piperazine rings is 1. The van der Waals surface area contributed by atoms with E-state index < -0.39 is 11.6 Å². The van der Waals surface area contributed by atoms with E-state index in [0.717, 1.165) is 6.20 Å². The first-order valence-corrected chi connectivity index (χ1v) is 14.2. The molecule has 2 amide bonds. The number of aromatic amines is 1. The van der Waals surface area contributed by atoms with Gasteiger partial charge in [0.05, 0.1) is 38.3 Å². The van der Waals surface area contributed by atoms with E-state index >= 15 is 4.39 Å². The Morgan fingerprint density at radius 2 is 1.61 bits per heavy atom. The van der Waals surface area contributed by atoms with Crippen molar-refractivity contribution in [3.8, 4) is 22.6 Å². The summed E-state index contributed by atoms with van der Waals surface area (Å²) in [7, 11) is 2.97. The minimum absolute atomic E-state index is 0.0844. The van der Waals surface area contributed by atoms with Gasteiger partial charge in [-0.05, 0) is 29.7 Å². The van der Waals surface area contributed by atoms with E-state index in [9.17, 15) is 14.0 Å². The number of aromatic nitrogens is 4. The number of carbonyl (C=O) groups excluding carboxylic acids is 2. The van der Waals surface area contributed by atoms with Crippen LogP contribution < -0.4 is 14.4 Å². The summed E-state index contributed by atoms with van der Waals surface area (Å²) in [6.45, 7) is 3.97. The van der Waals surface area contributed by atoms with E-state index in [-0.39, 0.29) is 29.6 Å². The van der Waals surface area contributed by atoms with Crippen LogP contribution in [-0.2, 0) is 4.79 Å². The van der Waals surface area contributed by atoms with E-state index in [1.54, 1.807) is 21.9 Å². The first-order valence-electron chi connectivity index (χ1n) is 14.2. The van der Waals surface area contributed by atoms with Crippen molar-refractivity contribution in [1.29, 1.82) is 0 Å². The van der Waals surface area contributed by atoms with E-state index in [2.05, 4.69) is 20.2 Å². The third kappa shape index (κ3) is 5.29. The number of benzene rings is 1. The van der Waals surface area contributed by atoms with Gasteiger partial charge in [0.15, 0.2) is 17.4 Å². The molecule has 0 radical (unpaired) electrons. The molecular weight excluding hydrogens is 572 g/mol. The third-order valence-corrected chi connectivity index (χ3v) is 8.12. The predicted molar refractivity (Wildman–Crippen MR) is 160 cm³/mol. The van der Waals surface area contributed by atoms with Gasteiger partial charge in [-0.15, -0.1) is 0 Å². The number of rotatable bonds is 6. The maximum atomic E-state index is 16.3. The number of nitrogens with zero attached hydrogens (tertiary/aromatic N) is 6. The molecule has 6 rings (SSSR count). The van der Waals surface area contributed by atoms with Gasteiger partial charge >= 0.3 is 0 Å². The smallest absolute Gasteiger partial charge is 0.270 e. The summed E-state index contributed by atoms with van der Waals surface area (Å²) in [5.74, 6) is -0.114. The molecule has 2 aliphatic rings. The van der Waals surface area contributed by atoms with Crippen LogP contribution in [0.4, 0.5) is 14.6 Å². The summed E-state index contributed by atoms with van der Waals surface area (Å²) in [6.07, 6.45) is 6.69. The Morgan fingerprint density at radius 3 is 2.34 bits per heavy atom. The Labute approximate surface area is 252 Å². The summed E-state index contributed by atoms with van der Waals surface area (Å²) in [4.78, 5) is 38.4. The lowest BCUT2D eigenvalue weighted by Crippen LogP contribution is -2.49. The van der Waals surface area contributed by atoms with Crippen molar-refractivity contribution >= 4 is 34.1 Å². The largest absolute Gasteiger partial charge is 0.494 e. The molecule has 1 fully saturated rings. The van der Waals surface area contributed by atoms with Crippen LogP contribution in [0.5, 0.6) is 11.5 Å². The van der Waals surface area contributed by atoms with Gasteiger partial charge in [-0.2, -0.15) is 10.2 Å². The lowest BCUT2D eigenvalue weighted by molar-refractivity contribution is -0.128. The Hall–Kier alpha value is -5.07. The minimum atomic E-state index is -0.514. The molecule has 1 N–H and O–H groups in total. The first kappa shape index (κ1) is 29.0. The number of halogens is 2. The van der Waals surface area contributed by atoms with Crippen LogP contribution >= 0.6 is 0 Å². The zero-order valence-corrected chi connectivity index (χ0v) is 24.6. The highest BCUT2D eigenvalue weighted by Gasteiger charge is 2.28. The number of methoxy groups -OCH3 is 2. The molecule has 0 unspecified atom stereocenters. The van der Waals surface area contributed by atoms with Crippen molar-refractivity contribution in [3.63, 3.8) is 0 Å². The number of hydrogen-bond donors (Lipinski definition) is 1. The SMILES string of the molecule is COc1cnncc1-c1cc(C2=CCCN(C(C)=O)C2)c(F)c2[nH]c(C(=O)N3CCN(c4ncc(F)cc4OC)CC3)cc12. The molecule has 11 nitrogen and oxygen atoms in total. The van der Waals surface area contributed by atoms with Gasteiger partial charge in [0.2, 0.25) is 5.91 Å². The Kier molecular flexibility index (Phi) is 7.85. The molecule has 0 atom stereocenters. The van der Waals surface area contributed by atoms with Crippen LogP contribution in [0.3, 0.4) is 0 Å². The van der Waals surface area contributed by atoms with E-state index in [0.29, 0.717) is 84.1 Å². The topological polar surface area (TPSA) is 117 Å². The summed E-state index contributed by atoms with van der Waals surface area (Å²) in [6, 6.07) is 4.64. The molecule has 13 heteroatoms. The zero-order valence-electron chi connectivity index (χ0n) is 24.6. The fourth-order valence-electron chi connectivity index (χ4n) is 5.81. The highest BCUT2D eigenvalue weighted by Crippen LogP contribution is 2.39. The maximum Gasteiger partial charge on any atom is 0.270 e. The number of ether oxygens (including phenoxy) is 2. The number of anilines is 1. The standard InChI is InChI=1S/C31H31F2N7O4/c1-18(41)40-6-4-5-19(17-40)21-12-22(24-15-35-36-16-27(24)44-3)23-13-25(37-29(23)28(21)33)31(42)39-9-7-38(8-10-39)30-26(43-2)11-20(32)14-34-30/h5,11-16,37H,4,6-10,17H2,1-3H3. The van der Waals surface area contributed by atoms with Crippen molar-refractivity contribution in [1.82, 2.24) is 30.0 Å². The van der Waals surface area contributed by atoms with Gasteiger partial charge in [0, 0.05) is 68.8 Å². The van der Waals surface area contributed by atoms with Gasteiger partial charge in [0.25, 0.3) is 5.91 Å². The van der Waals surface area contributed by atoms with E-state index in [1.165, 1.54) is 39.6 Å². The van der Waals surface area contributed by atoms with Crippen LogP contribution in [0.1, 0.15) is 29.4 Å². The van der Waals surface area contributed by atoms with E-state index in [1.807, 2.05) is 11.0 Å².